The zero-order valence-corrected chi connectivity index (χ0v) is 23.4. The molecule has 5 aromatic rings. The van der Waals surface area contributed by atoms with E-state index in [1.807, 2.05) is 60.7 Å². The fraction of sp³-hybridized carbons (Fsp3) is 0.188. The third-order valence-corrected chi connectivity index (χ3v) is 6.51. The van der Waals surface area contributed by atoms with Gasteiger partial charge in [-0.25, -0.2) is 0 Å². The summed E-state index contributed by atoms with van der Waals surface area (Å²) in [5.41, 5.74) is 7.95. The van der Waals surface area contributed by atoms with E-state index in [0.29, 0.717) is 5.92 Å². The van der Waals surface area contributed by atoms with Gasteiger partial charge in [0, 0.05) is 26.3 Å². The Labute approximate surface area is 227 Å². The van der Waals surface area contributed by atoms with Crippen LogP contribution in [0.25, 0.3) is 39.8 Å². The second kappa shape index (κ2) is 10.7. The van der Waals surface area contributed by atoms with Crippen molar-refractivity contribution in [3.8, 4) is 22.6 Å². The molecule has 3 aromatic carbocycles. The van der Waals surface area contributed by atoms with E-state index >= 15 is 0 Å². The smallest absolute Gasteiger partial charge is 0.0777 e. The molecular formula is C32H29IrN3-2. The van der Waals surface area contributed by atoms with Gasteiger partial charge in [-0.1, -0.05) is 44.2 Å². The first kappa shape index (κ1) is 25.8. The molecule has 1 radical (unpaired) electrons. The van der Waals surface area contributed by atoms with Crippen LogP contribution >= 0.6 is 0 Å². The molecule has 1 aliphatic rings. The van der Waals surface area contributed by atoms with Gasteiger partial charge >= 0.3 is 0 Å². The first-order valence-electron chi connectivity index (χ1n) is 12.1. The summed E-state index contributed by atoms with van der Waals surface area (Å²) in [6, 6.07) is 34.6. The van der Waals surface area contributed by atoms with Crippen LogP contribution in [0.5, 0.6) is 0 Å². The predicted molar refractivity (Wildman–Crippen MR) is 145 cm³/mol. The summed E-state index contributed by atoms with van der Waals surface area (Å²) in [7, 11) is 0. The molecule has 3 heterocycles. The Morgan fingerprint density at radius 2 is 1.50 bits per heavy atom. The second-order valence-corrected chi connectivity index (χ2v) is 9.57. The number of hydrogen-bond donors (Lipinski definition) is 0. The largest absolute Gasteiger partial charge is 0.355 e. The molecule has 1 aliphatic heterocycles. The summed E-state index contributed by atoms with van der Waals surface area (Å²) in [6.07, 6.45) is 4.14. The van der Waals surface area contributed by atoms with Crippen LogP contribution in [0, 0.1) is 18.1 Å². The number of nitrogens with zero attached hydrogens (tertiary/aromatic N) is 3. The number of para-hydroxylation sites is 1. The zero-order chi connectivity index (χ0) is 24.4. The Morgan fingerprint density at radius 3 is 2.11 bits per heavy atom. The van der Waals surface area contributed by atoms with Crippen molar-refractivity contribution < 1.29 is 20.1 Å². The first-order chi connectivity index (χ1) is 17.0. The molecule has 2 aromatic heterocycles. The molecule has 6 rings (SSSR count). The van der Waals surface area contributed by atoms with Gasteiger partial charge in [0.1, 0.15) is 0 Å². The van der Waals surface area contributed by atoms with Crippen molar-refractivity contribution in [3.63, 3.8) is 0 Å². The molecule has 0 saturated carbocycles. The van der Waals surface area contributed by atoms with Gasteiger partial charge < -0.3 is 9.55 Å². The summed E-state index contributed by atoms with van der Waals surface area (Å²) in [4.78, 5) is 9.16. The van der Waals surface area contributed by atoms with E-state index in [1.165, 1.54) is 16.7 Å². The summed E-state index contributed by atoms with van der Waals surface area (Å²) in [5.74, 6) is 1.49. The van der Waals surface area contributed by atoms with Crippen molar-refractivity contribution >= 4 is 17.1 Å². The van der Waals surface area contributed by atoms with Crippen LogP contribution in [0.4, 0.5) is 0 Å². The van der Waals surface area contributed by atoms with Crippen LogP contribution in [0.2, 0.25) is 0 Å². The minimum Gasteiger partial charge on any atom is -0.355 e. The molecule has 183 valence electrons. The summed E-state index contributed by atoms with van der Waals surface area (Å²) in [5, 5.41) is 0. The van der Waals surface area contributed by atoms with Crippen molar-refractivity contribution in [2.75, 3.05) is 0 Å². The van der Waals surface area contributed by atoms with Gasteiger partial charge in [-0.05, 0) is 48.7 Å². The van der Waals surface area contributed by atoms with E-state index < -0.39 is 0 Å². The topological polar surface area (TPSA) is 30.7 Å². The van der Waals surface area contributed by atoms with E-state index in [0.717, 1.165) is 28.2 Å². The molecule has 0 aliphatic carbocycles. The summed E-state index contributed by atoms with van der Waals surface area (Å²) >= 11 is 0. The van der Waals surface area contributed by atoms with E-state index in [2.05, 4.69) is 79.7 Å². The molecule has 0 amide bonds. The van der Waals surface area contributed by atoms with Crippen LogP contribution in [-0.4, -0.2) is 14.5 Å². The SMILES string of the molecule is CC(C)C1=Cc2cccc3nc(-c4[c-]cccc4)n(c23)C1(C)C.[Ir].[c-]1ccccc1-c1ccccn1. The van der Waals surface area contributed by atoms with Crippen molar-refractivity contribution in [3.05, 3.63) is 114 Å². The van der Waals surface area contributed by atoms with E-state index in [9.17, 15) is 0 Å². The van der Waals surface area contributed by atoms with Crippen molar-refractivity contribution in [2.45, 2.75) is 33.2 Å². The maximum atomic E-state index is 4.94. The molecule has 0 N–H and O–H groups in total. The van der Waals surface area contributed by atoms with Gasteiger partial charge in [-0.15, -0.1) is 71.8 Å². The van der Waals surface area contributed by atoms with Crippen LogP contribution < -0.4 is 0 Å². The maximum absolute atomic E-state index is 4.94. The zero-order valence-electron chi connectivity index (χ0n) is 21.0. The third kappa shape index (κ3) is 4.84. The monoisotopic (exact) mass is 648 g/mol. The van der Waals surface area contributed by atoms with Gasteiger partial charge in [0.05, 0.1) is 22.4 Å². The number of allylic oxidation sites excluding steroid dienone is 1. The van der Waals surface area contributed by atoms with E-state index in [-0.39, 0.29) is 25.6 Å². The molecular weight excluding hydrogens is 619 g/mol. The van der Waals surface area contributed by atoms with Gasteiger partial charge in [0.25, 0.3) is 0 Å². The standard InChI is InChI=1S/C21H21N2.C11H8N.Ir/c1-14(2)17-13-16-11-8-12-18-19(16)23(21(17,3)4)20(22-18)15-9-6-5-7-10-15;1-2-6-10(7-3-1)11-8-4-5-9-12-11;/h5-9,11-14H,1-4H3;1-6,8-9H;/q2*-1;. The minimum atomic E-state index is -0.101. The van der Waals surface area contributed by atoms with E-state index in [4.69, 9.17) is 4.98 Å². The first-order valence-corrected chi connectivity index (χ1v) is 12.1. The second-order valence-electron chi connectivity index (χ2n) is 9.57. The Morgan fingerprint density at radius 1 is 0.806 bits per heavy atom. The maximum Gasteiger partial charge on any atom is 0.0777 e. The molecule has 0 spiro atoms. The van der Waals surface area contributed by atoms with Gasteiger partial charge in [0.2, 0.25) is 0 Å². The van der Waals surface area contributed by atoms with Crippen LogP contribution in [0.15, 0.2) is 96.7 Å². The van der Waals surface area contributed by atoms with Gasteiger partial charge in [-0.3, -0.25) is 4.98 Å². The fourth-order valence-corrected chi connectivity index (χ4v) is 4.95. The predicted octanol–water partition coefficient (Wildman–Crippen LogP) is 7.84. The number of rotatable bonds is 3. The molecule has 0 fully saturated rings. The van der Waals surface area contributed by atoms with Crippen molar-refractivity contribution in [2.24, 2.45) is 5.92 Å². The Balaban J connectivity index is 0.000000198. The summed E-state index contributed by atoms with van der Waals surface area (Å²) < 4.78 is 2.40. The average molecular weight is 648 g/mol. The van der Waals surface area contributed by atoms with Crippen LogP contribution in [-0.2, 0) is 25.6 Å². The quantitative estimate of drug-likeness (QED) is 0.187. The minimum absolute atomic E-state index is 0. The Bertz CT molecular complexity index is 1430. The number of imidazole rings is 1. The van der Waals surface area contributed by atoms with Crippen molar-refractivity contribution in [1.29, 1.82) is 0 Å². The van der Waals surface area contributed by atoms with Gasteiger partial charge in [-0.2, -0.15) is 0 Å². The molecule has 4 heteroatoms. The Kier molecular flexibility index (Phi) is 7.68. The fourth-order valence-electron chi connectivity index (χ4n) is 4.95. The third-order valence-electron chi connectivity index (χ3n) is 6.51. The molecule has 0 unspecified atom stereocenters. The molecule has 0 atom stereocenters. The molecule has 3 nitrogen and oxygen atoms in total. The van der Waals surface area contributed by atoms with Crippen molar-refractivity contribution in [1.82, 2.24) is 14.5 Å². The van der Waals surface area contributed by atoms with Gasteiger partial charge in [0.15, 0.2) is 0 Å². The average Bonchev–Trinajstić information content (AvgIpc) is 3.30. The van der Waals surface area contributed by atoms with Crippen LogP contribution in [0.1, 0.15) is 33.3 Å². The molecule has 0 bridgehead atoms. The van der Waals surface area contributed by atoms with E-state index in [1.54, 1.807) is 6.20 Å². The normalized spacial score (nSPS) is 13.4. The Hall–Kier alpha value is -3.33. The number of hydrogen-bond acceptors (Lipinski definition) is 2. The molecule has 36 heavy (non-hydrogen) atoms. The molecule has 0 saturated heterocycles. The number of benzene rings is 3. The summed E-state index contributed by atoms with van der Waals surface area (Å²) in [6.45, 7) is 9.12. The number of aromatic nitrogens is 3. The number of pyridine rings is 1. The van der Waals surface area contributed by atoms with Crippen LogP contribution in [0.3, 0.4) is 0 Å².